The van der Waals surface area contributed by atoms with Crippen LogP contribution in [0.25, 0.3) is 0 Å². The number of aryl methyl sites for hydroxylation is 1. The van der Waals surface area contributed by atoms with E-state index in [2.05, 4.69) is 15.6 Å². The average Bonchev–Trinajstić information content (AvgIpc) is 2.92. The third-order valence-electron chi connectivity index (χ3n) is 4.41. The lowest BCUT2D eigenvalue weighted by Crippen LogP contribution is -2.42. The van der Waals surface area contributed by atoms with Gasteiger partial charge in [-0.1, -0.05) is 24.3 Å². The maximum atomic E-state index is 13.3. The molecule has 2 aromatic rings. The quantitative estimate of drug-likeness (QED) is 0.482. The lowest BCUT2D eigenvalue weighted by atomic mass is 10.1. The highest BCUT2D eigenvalue weighted by atomic mass is 19.1. The maximum absolute atomic E-state index is 13.3. The summed E-state index contributed by atoms with van der Waals surface area (Å²) in [5.41, 5.74) is 2.40. The van der Waals surface area contributed by atoms with Crippen LogP contribution in [-0.2, 0) is 6.54 Å². The average molecular weight is 368 g/mol. The summed E-state index contributed by atoms with van der Waals surface area (Å²) in [4.78, 5) is 30.0. The van der Waals surface area contributed by atoms with Crippen molar-refractivity contribution >= 4 is 17.8 Å². The van der Waals surface area contributed by atoms with Gasteiger partial charge in [-0.05, 0) is 36.2 Å². The summed E-state index contributed by atoms with van der Waals surface area (Å²) >= 11 is 0. The molecule has 0 fully saturated rings. The monoisotopic (exact) mass is 368 g/mol. The lowest BCUT2D eigenvalue weighted by molar-refractivity contribution is 0.0657. The highest BCUT2D eigenvalue weighted by Gasteiger charge is 2.34. The molecule has 0 spiro atoms. The Morgan fingerprint density at radius 3 is 2.33 bits per heavy atom. The number of nitrogens with one attached hydrogen (secondary N) is 2. The van der Waals surface area contributed by atoms with Crippen LogP contribution in [0.15, 0.2) is 47.5 Å². The third kappa shape index (κ3) is 3.97. The van der Waals surface area contributed by atoms with Gasteiger partial charge in [0.25, 0.3) is 11.8 Å². The Balaban J connectivity index is 1.51. The zero-order valence-electron chi connectivity index (χ0n) is 15.3. The number of nitrogens with zero attached hydrogens (tertiary/aromatic N) is 2. The number of hydrogen-bond donors (Lipinski definition) is 2. The number of carbonyl (C=O) groups is 2. The van der Waals surface area contributed by atoms with Crippen LogP contribution in [0.4, 0.5) is 4.39 Å². The predicted molar refractivity (Wildman–Crippen MR) is 101 cm³/mol. The van der Waals surface area contributed by atoms with E-state index in [-0.39, 0.29) is 24.2 Å². The van der Waals surface area contributed by atoms with E-state index in [0.717, 1.165) is 5.56 Å². The standard InChI is InChI=1S/C20H21FN4O2/c1-13-11-14(7-8-17(13)21)12-24-20(22-2)23-9-10-25-18(26)15-5-3-4-6-16(15)19(25)27/h3-8,11H,9-10,12H2,1-2H3,(H2,22,23,24). The molecule has 2 amide bonds. The molecule has 2 aromatic carbocycles. The number of guanidine groups is 1. The van der Waals surface area contributed by atoms with Gasteiger partial charge in [0.15, 0.2) is 5.96 Å². The minimum Gasteiger partial charge on any atom is -0.355 e. The number of amides is 2. The number of carbonyl (C=O) groups excluding carboxylic acids is 2. The van der Waals surface area contributed by atoms with Crippen molar-refractivity contribution in [2.24, 2.45) is 4.99 Å². The van der Waals surface area contributed by atoms with Gasteiger partial charge in [-0.2, -0.15) is 0 Å². The Kier molecular flexibility index (Phi) is 5.49. The molecule has 1 heterocycles. The summed E-state index contributed by atoms with van der Waals surface area (Å²) < 4.78 is 13.3. The first-order chi connectivity index (χ1) is 13.0. The SMILES string of the molecule is CN=C(NCCN1C(=O)c2ccccc2C1=O)NCc1ccc(F)c(C)c1. The van der Waals surface area contributed by atoms with Gasteiger partial charge in [0.1, 0.15) is 5.82 Å². The Morgan fingerprint density at radius 2 is 1.74 bits per heavy atom. The predicted octanol–water partition coefficient (Wildman–Crippen LogP) is 2.10. The second-order valence-electron chi connectivity index (χ2n) is 6.24. The van der Waals surface area contributed by atoms with Gasteiger partial charge < -0.3 is 10.6 Å². The molecule has 2 N–H and O–H groups in total. The number of rotatable bonds is 5. The van der Waals surface area contributed by atoms with Gasteiger partial charge in [0.2, 0.25) is 0 Å². The third-order valence-corrected chi connectivity index (χ3v) is 4.41. The van der Waals surface area contributed by atoms with Crippen LogP contribution in [0.5, 0.6) is 0 Å². The number of fused-ring (bicyclic) bond motifs is 1. The molecule has 27 heavy (non-hydrogen) atoms. The van der Waals surface area contributed by atoms with Crippen molar-refractivity contribution in [1.29, 1.82) is 0 Å². The molecule has 0 bridgehead atoms. The fourth-order valence-electron chi connectivity index (χ4n) is 2.95. The fourth-order valence-corrected chi connectivity index (χ4v) is 2.95. The molecule has 1 aliphatic heterocycles. The smallest absolute Gasteiger partial charge is 0.261 e. The second-order valence-corrected chi connectivity index (χ2v) is 6.24. The molecular formula is C20H21FN4O2. The normalized spacial score (nSPS) is 13.7. The van der Waals surface area contributed by atoms with Gasteiger partial charge >= 0.3 is 0 Å². The van der Waals surface area contributed by atoms with Crippen molar-refractivity contribution in [3.05, 3.63) is 70.5 Å². The summed E-state index contributed by atoms with van der Waals surface area (Å²) in [6, 6.07) is 11.7. The van der Waals surface area contributed by atoms with Crippen molar-refractivity contribution < 1.29 is 14.0 Å². The van der Waals surface area contributed by atoms with Crippen molar-refractivity contribution in [1.82, 2.24) is 15.5 Å². The molecule has 0 saturated carbocycles. The number of hydrogen-bond acceptors (Lipinski definition) is 3. The number of imide groups is 1. The molecule has 0 radical (unpaired) electrons. The molecular weight excluding hydrogens is 347 g/mol. The Labute approximate surface area is 157 Å². The second kappa shape index (κ2) is 7.99. The van der Waals surface area contributed by atoms with E-state index in [0.29, 0.717) is 35.7 Å². The van der Waals surface area contributed by atoms with Crippen LogP contribution in [0.3, 0.4) is 0 Å². The van der Waals surface area contributed by atoms with Crippen molar-refractivity contribution in [3.63, 3.8) is 0 Å². The van der Waals surface area contributed by atoms with Gasteiger partial charge in [-0.3, -0.25) is 19.5 Å². The Bertz CT molecular complexity index is 876. The first kappa shape index (κ1) is 18.6. The van der Waals surface area contributed by atoms with E-state index in [1.165, 1.54) is 11.0 Å². The number of halogens is 1. The van der Waals surface area contributed by atoms with E-state index in [9.17, 15) is 14.0 Å². The highest BCUT2D eigenvalue weighted by Crippen LogP contribution is 2.21. The molecule has 0 aromatic heterocycles. The van der Waals surface area contributed by atoms with Gasteiger partial charge in [0, 0.05) is 26.7 Å². The number of aliphatic imine (C=N–C) groups is 1. The zero-order valence-corrected chi connectivity index (χ0v) is 15.3. The minimum atomic E-state index is -0.276. The molecule has 0 atom stereocenters. The van der Waals surface area contributed by atoms with Gasteiger partial charge in [-0.25, -0.2) is 4.39 Å². The minimum absolute atomic E-state index is 0.234. The van der Waals surface area contributed by atoms with Crippen LogP contribution in [0.2, 0.25) is 0 Å². The first-order valence-electron chi connectivity index (χ1n) is 8.66. The molecule has 0 saturated heterocycles. The van der Waals surface area contributed by atoms with Crippen LogP contribution in [-0.4, -0.2) is 42.8 Å². The van der Waals surface area contributed by atoms with E-state index < -0.39 is 0 Å². The maximum Gasteiger partial charge on any atom is 0.261 e. The molecule has 0 aliphatic carbocycles. The van der Waals surface area contributed by atoms with E-state index in [1.807, 2.05) is 0 Å². The molecule has 0 unspecified atom stereocenters. The molecule has 140 valence electrons. The summed E-state index contributed by atoms with van der Waals surface area (Å²) in [6.07, 6.45) is 0. The first-order valence-corrected chi connectivity index (χ1v) is 8.66. The van der Waals surface area contributed by atoms with Crippen LogP contribution < -0.4 is 10.6 Å². The van der Waals surface area contributed by atoms with Crippen molar-refractivity contribution in [2.45, 2.75) is 13.5 Å². The topological polar surface area (TPSA) is 73.8 Å². The van der Waals surface area contributed by atoms with Crippen molar-refractivity contribution in [3.8, 4) is 0 Å². The summed E-state index contributed by atoms with van der Waals surface area (Å²) in [5.74, 6) is -0.250. The zero-order chi connectivity index (χ0) is 19.4. The van der Waals surface area contributed by atoms with E-state index in [4.69, 9.17) is 0 Å². The van der Waals surface area contributed by atoms with Crippen LogP contribution in [0.1, 0.15) is 31.8 Å². The Morgan fingerprint density at radius 1 is 1.07 bits per heavy atom. The highest BCUT2D eigenvalue weighted by molar-refractivity contribution is 6.21. The van der Waals surface area contributed by atoms with E-state index in [1.54, 1.807) is 50.4 Å². The molecule has 7 heteroatoms. The largest absolute Gasteiger partial charge is 0.355 e. The summed E-state index contributed by atoms with van der Waals surface area (Å²) in [6.45, 7) is 2.80. The fraction of sp³-hybridized carbons (Fsp3) is 0.250. The molecule has 1 aliphatic rings. The number of benzene rings is 2. The Hall–Kier alpha value is -3.22. The van der Waals surface area contributed by atoms with Crippen LogP contribution >= 0.6 is 0 Å². The molecule has 6 nitrogen and oxygen atoms in total. The lowest BCUT2D eigenvalue weighted by Gasteiger charge is -2.16. The summed E-state index contributed by atoms with van der Waals surface area (Å²) in [7, 11) is 1.63. The van der Waals surface area contributed by atoms with Gasteiger partial charge in [0.05, 0.1) is 11.1 Å². The van der Waals surface area contributed by atoms with Gasteiger partial charge in [-0.15, -0.1) is 0 Å². The van der Waals surface area contributed by atoms with Crippen molar-refractivity contribution in [2.75, 3.05) is 20.1 Å². The summed E-state index contributed by atoms with van der Waals surface area (Å²) in [5, 5.41) is 6.20. The van der Waals surface area contributed by atoms with E-state index >= 15 is 0 Å². The molecule has 3 rings (SSSR count). The van der Waals surface area contributed by atoms with Crippen LogP contribution in [0, 0.1) is 12.7 Å².